The third kappa shape index (κ3) is 3.12. The van der Waals surface area contributed by atoms with Crippen LogP contribution in [0, 0.1) is 0 Å². The van der Waals surface area contributed by atoms with Gasteiger partial charge in [-0.1, -0.05) is 18.5 Å². The van der Waals surface area contributed by atoms with E-state index in [0.717, 1.165) is 12.1 Å². The Labute approximate surface area is 142 Å². The number of nitrogens with zero attached hydrogens (tertiary/aromatic N) is 2. The maximum absolute atomic E-state index is 12.7. The summed E-state index contributed by atoms with van der Waals surface area (Å²) in [5.41, 5.74) is 0.718. The number of piperazine rings is 1. The number of fused-ring (bicyclic) bond motifs is 1. The maximum Gasteiger partial charge on any atom is 0.241 e. The molecular formula is C16H21ClN2O3S. The zero-order chi connectivity index (χ0) is 16.8. The van der Waals surface area contributed by atoms with Crippen molar-refractivity contribution < 1.29 is 13.2 Å². The van der Waals surface area contributed by atoms with Crippen LogP contribution in [-0.4, -0.2) is 55.4 Å². The van der Waals surface area contributed by atoms with Crippen molar-refractivity contribution in [2.24, 2.45) is 0 Å². The van der Waals surface area contributed by atoms with Crippen LogP contribution in [0.4, 0.5) is 5.69 Å². The summed E-state index contributed by atoms with van der Waals surface area (Å²) in [6.45, 7) is 4.36. The molecule has 1 aromatic carbocycles. The number of hydrogen-bond donors (Lipinski definition) is 0. The molecule has 3 atom stereocenters. The van der Waals surface area contributed by atoms with Crippen LogP contribution in [0.5, 0.6) is 0 Å². The molecule has 0 saturated carbocycles. The molecule has 126 valence electrons. The van der Waals surface area contributed by atoms with E-state index in [1.807, 2.05) is 6.92 Å². The highest BCUT2D eigenvalue weighted by molar-refractivity contribution is 7.91. The number of halogens is 1. The van der Waals surface area contributed by atoms with Crippen molar-refractivity contribution in [3.05, 3.63) is 29.3 Å². The van der Waals surface area contributed by atoms with Gasteiger partial charge < -0.3 is 4.90 Å². The van der Waals surface area contributed by atoms with E-state index < -0.39 is 9.84 Å². The first-order chi connectivity index (χ1) is 10.8. The van der Waals surface area contributed by atoms with Crippen LogP contribution >= 0.6 is 11.6 Å². The summed E-state index contributed by atoms with van der Waals surface area (Å²) in [5.74, 6) is 0.101. The number of amides is 1. The molecule has 3 rings (SSSR count). The van der Waals surface area contributed by atoms with Crippen molar-refractivity contribution in [3.8, 4) is 0 Å². The summed E-state index contributed by atoms with van der Waals surface area (Å²) in [7, 11) is -3.14. The fourth-order valence-corrected chi connectivity index (χ4v) is 5.65. The summed E-state index contributed by atoms with van der Waals surface area (Å²) in [6.07, 6.45) is 0.886. The molecule has 2 saturated heterocycles. The van der Waals surface area contributed by atoms with Crippen molar-refractivity contribution in [3.63, 3.8) is 0 Å². The van der Waals surface area contributed by atoms with Crippen LogP contribution in [-0.2, 0) is 14.6 Å². The molecule has 0 radical (unpaired) electrons. The van der Waals surface area contributed by atoms with E-state index in [1.54, 1.807) is 29.2 Å². The minimum atomic E-state index is -3.14. The molecule has 0 N–H and O–H groups in total. The number of carbonyl (C=O) groups excluding carboxylic acids is 1. The van der Waals surface area contributed by atoms with Gasteiger partial charge in [0, 0.05) is 22.8 Å². The van der Waals surface area contributed by atoms with E-state index in [0.29, 0.717) is 5.02 Å². The predicted octanol–water partition coefficient (Wildman–Crippen LogP) is 1.95. The molecule has 2 fully saturated rings. The minimum Gasteiger partial charge on any atom is -0.306 e. The summed E-state index contributed by atoms with van der Waals surface area (Å²) in [6, 6.07) is 6.74. The fourth-order valence-electron chi connectivity index (χ4n) is 3.56. The number of carbonyl (C=O) groups is 1. The van der Waals surface area contributed by atoms with Crippen molar-refractivity contribution in [1.29, 1.82) is 0 Å². The SMILES string of the molecule is CC[C@@H](C)N1CC(=O)N(c2ccc(Cl)cc2)[C@@H]2CS(=O)(=O)C[C@@H]21. The van der Waals surface area contributed by atoms with E-state index in [4.69, 9.17) is 11.6 Å². The molecule has 7 heteroatoms. The van der Waals surface area contributed by atoms with E-state index in [2.05, 4.69) is 11.8 Å². The molecule has 0 aromatic heterocycles. The Morgan fingerprint density at radius 1 is 1.22 bits per heavy atom. The second kappa shape index (κ2) is 6.07. The lowest BCUT2D eigenvalue weighted by atomic mass is 10.0. The molecule has 2 aliphatic heterocycles. The van der Waals surface area contributed by atoms with Crippen LogP contribution in [0.25, 0.3) is 0 Å². The van der Waals surface area contributed by atoms with Gasteiger partial charge in [-0.25, -0.2) is 8.42 Å². The first-order valence-electron chi connectivity index (χ1n) is 7.86. The molecule has 23 heavy (non-hydrogen) atoms. The third-order valence-corrected chi connectivity index (χ3v) is 6.85. The smallest absolute Gasteiger partial charge is 0.241 e. The summed E-state index contributed by atoms with van der Waals surface area (Å²) in [5, 5.41) is 0.593. The Bertz CT molecular complexity index is 705. The molecule has 2 aliphatic rings. The molecule has 2 heterocycles. The van der Waals surface area contributed by atoms with Gasteiger partial charge in [-0.3, -0.25) is 9.69 Å². The lowest BCUT2D eigenvalue weighted by Crippen LogP contribution is -2.63. The van der Waals surface area contributed by atoms with Gasteiger partial charge in [0.15, 0.2) is 9.84 Å². The van der Waals surface area contributed by atoms with Gasteiger partial charge in [-0.2, -0.15) is 0 Å². The molecule has 1 amide bonds. The lowest BCUT2D eigenvalue weighted by molar-refractivity contribution is -0.124. The van der Waals surface area contributed by atoms with Gasteiger partial charge in [0.05, 0.1) is 24.1 Å². The normalized spacial score (nSPS) is 28.7. The van der Waals surface area contributed by atoms with Crippen molar-refractivity contribution in [2.45, 2.75) is 38.4 Å². The molecular weight excluding hydrogens is 336 g/mol. The summed E-state index contributed by atoms with van der Waals surface area (Å²) < 4.78 is 24.4. The number of anilines is 1. The van der Waals surface area contributed by atoms with E-state index >= 15 is 0 Å². The molecule has 5 nitrogen and oxygen atoms in total. The van der Waals surface area contributed by atoms with Crippen molar-refractivity contribution in [1.82, 2.24) is 4.90 Å². The van der Waals surface area contributed by atoms with Crippen LogP contribution < -0.4 is 4.90 Å². The highest BCUT2D eigenvalue weighted by Gasteiger charge is 2.50. The maximum atomic E-state index is 12.7. The number of hydrogen-bond acceptors (Lipinski definition) is 4. The largest absolute Gasteiger partial charge is 0.306 e. The zero-order valence-electron chi connectivity index (χ0n) is 13.3. The first-order valence-corrected chi connectivity index (χ1v) is 10.1. The quantitative estimate of drug-likeness (QED) is 0.830. The lowest BCUT2D eigenvalue weighted by Gasteiger charge is -2.45. The fraction of sp³-hybridized carbons (Fsp3) is 0.562. The molecule has 0 bridgehead atoms. The minimum absolute atomic E-state index is 0.0268. The van der Waals surface area contributed by atoms with Gasteiger partial charge in [0.1, 0.15) is 0 Å². The standard InChI is InChI=1S/C16H21ClN2O3S/c1-3-11(2)18-8-16(20)19(13-6-4-12(17)5-7-13)15-10-23(21,22)9-14(15)18/h4-7,11,14-15H,3,8-10H2,1-2H3/t11-,14+,15-/m1/s1. The molecule has 0 aliphatic carbocycles. The molecule has 0 unspecified atom stereocenters. The van der Waals surface area contributed by atoms with Crippen LogP contribution in [0.15, 0.2) is 24.3 Å². The van der Waals surface area contributed by atoms with Crippen LogP contribution in [0.1, 0.15) is 20.3 Å². The van der Waals surface area contributed by atoms with Crippen LogP contribution in [0.3, 0.4) is 0 Å². The average molecular weight is 357 g/mol. The van der Waals surface area contributed by atoms with Crippen LogP contribution in [0.2, 0.25) is 5.02 Å². The highest BCUT2D eigenvalue weighted by Crippen LogP contribution is 2.33. The highest BCUT2D eigenvalue weighted by atomic mass is 35.5. The Hall–Kier alpha value is -1.11. The van der Waals surface area contributed by atoms with Gasteiger partial charge in [0.2, 0.25) is 5.91 Å². The second-order valence-corrected chi connectivity index (χ2v) is 8.97. The summed E-state index contributed by atoms with van der Waals surface area (Å²) >= 11 is 5.92. The number of benzene rings is 1. The van der Waals surface area contributed by atoms with E-state index in [-0.39, 0.29) is 42.1 Å². The van der Waals surface area contributed by atoms with E-state index in [1.165, 1.54) is 0 Å². The Balaban J connectivity index is 1.99. The third-order valence-electron chi connectivity index (χ3n) is 4.90. The van der Waals surface area contributed by atoms with Gasteiger partial charge in [-0.05, 0) is 37.6 Å². The molecule has 1 aromatic rings. The van der Waals surface area contributed by atoms with Gasteiger partial charge in [-0.15, -0.1) is 0 Å². The van der Waals surface area contributed by atoms with E-state index in [9.17, 15) is 13.2 Å². The average Bonchev–Trinajstić information content (AvgIpc) is 2.82. The number of sulfone groups is 1. The summed E-state index contributed by atoms with van der Waals surface area (Å²) in [4.78, 5) is 16.4. The molecule has 0 spiro atoms. The first kappa shape index (κ1) is 16.7. The topological polar surface area (TPSA) is 57.7 Å². The Kier molecular flexibility index (Phi) is 4.42. The monoisotopic (exact) mass is 356 g/mol. The Morgan fingerprint density at radius 3 is 2.43 bits per heavy atom. The predicted molar refractivity (Wildman–Crippen MR) is 91.6 cm³/mol. The van der Waals surface area contributed by atoms with Gasteiger partial charge >= 0.3 is 0 Å². The number of rotatable bonds is 3. The van der Waals surface area contributed by atoms with Crippen molar-refractivity contribution >= 4 is 33.0 Å². The van der Waals surface area contributed by atoms with Gasteiger partial charge in [0.25, 0.3) is 0 Å². The second-order valence-electron chi connectivity index (χ2n) is 6.38. The van der Waals surface area contributed by atoms with Crippen molar-refractivity contribution in [2.75, 3.05) is 23.0 Å². The zero-order valence-corrected chi connectivity index (χ0v) is 14.8. The Morgan fingerprint density at radius 2 is 1.83 bits per heavy atom.